The summed E-state index contributed by atoms with van der Waals surface area (Å²) in [5.74, 6) is -0.229. The maximum atomic E-state index is 15.1. The molecule has 0 aliphatic carbocycles. The van der Waals surface area contributed by atoms with Gasteiger partial charge in [-0.2, -0.15) is 0 Å². The summed E-state index contributed by atoms with van der Waals surface area (Å²) < 4.78 is 19.3. The van der Waals surface area contributed by atoms with Crippen molar-refractivity contribution in [3.05, 3.63) is 112 Å². The third kappa shape index (κ3) is 6.02. The molecule has 1 aromatic heterocycles. The molecule has 4 aromatic rings. The Kier molecular flexibility index (Phi) is 7.96. The van der Waals surface area contributed by atoms with Crippen LogP contribution in [-0.4, -0.2) is 9.55 Å². The van der Waals surface area contributed by atoms with Crippen molar-refractivity contribution < 1.29 is 4.39 Å². The Morgan fingerprint density at radius 1 is 1.03 bits per heavy atom. The number of rotatable bonds is 9. The average Bonchev–Trinajstić information content (AvgIpc) is 3.34. The minimum absolute atomic E-state index is 0.0548. The Balaban J connectivity index is 1.67. The van der Waals surface area contributed by atoms with Crippen molar-refractivity contribution in [1.29, 1.82) is 0 Å². The minimum atomic E-state index is -0.229. The summed E-state index contributed by atoms with van der Waals surface area (Å²) in [4.78, 5) is 5.14. The van der Waals surface area contributed by atoms with Gasteiger partial charge >= 0.3 is 0 Å². The van der Waals surface area contributed by atoms with Gasteiger partial charge < -0.3 is 8.87 Å². The highest BCUT2D eigenvalue weighted by Gasteiger charge is 2.23. The first kappa shape index (κ1) is 24.4. The molecule has 1 heterocycles. The van der Waals surface area contributed by atoms with Crippen LogP contribution in [0.5, 0.6) is 0 Å². The van der Waals surface area contributed by atoms with Gasteiger partial charge in [0.05, 0.1) is 18.1 Å². The van der Waals surface area contributed by atoms with Crippen LogP contribution < -0.4 is 4.31 Å². The van der Waals surface area contributed by atoms with E-state index < -0.39 is 0 Å². The number of imidazole rings is 1. The summed E-state index contributed by atoms with van der Waals surface area (Å²) in [7, 11) is 0. The fourth-order valence-electron chi connectivity index (χ4n) is 4.09. The second kappa shape index (κ2) is 11.1. The molecule has 0 aliphatic rings. The van der Waals surface area contributed by atoms with Crippen molar-refractivity contribution in [1.82, 2.24) is 9.55 Å². The highest BCUT2D eigenvalue weighted by molar-refractivity contribution is 8.00. The molecule has 0 amide bonds. The molecule has 0 saturated carbocycles. The molecule has 1 unspecified atom stereocenters. The first-order valence-corrected chi connectivity index (χ1v) is 12.6. The van der Waals surface area contributed by atoms with Crippen LogP contribution in [0, 0.1) is 19.7 Å². The van der Waals surface area contributed by atoms with E-state index in [1.165, 1.54) is 28.6 Å². The van der Waals surface area contributed by atoms with Gasteiger partial charge in [0.1, 0.15) is 5.82 Å². The zero-order valence-electron chi connectivity index (χ0n) is 19.7. The highest BCUT2D eigenvalue weighted by atomic mass is 35.5. The van der Waals surface area contributed by atoms with E-state index in [1.54, 1.807) is 6.07 Å². The number of halogens is 2. The van der Waals surface area contributed by atoms with E-state index in [2.05, 4.69) is 45.9 Å². The molecule has 0 radical (unpaired) electrons. The van der Waals surface area contributed by atoms with E-state index in [0.29, 0.717) is 10.7 Å². The molecule has 34 heavy (non-hydrogen) atoms. The van der Waals surface area contributed by atoms with Gasteiger partial charge in [-0.1, -0.05) is 41.4 Å². The van der Waals surface area contributed by atoms with Gasteiger partial charge in [0.2, 0.25) is 0 Å². The summed E-state index contributed by atoms with van der Waals surface area (Å²) in [6.07, 6.45) is 7.59. The molecule has 0 N–H and O–H groups in total. The number of hydrogen-bond donors (Lipinski definition) is 0. The van der Waals surface area contributed by atoms with Crippen LogP contribution in [0.2, 0.25) is 5.02 Å². The molecule has 4 rings (SSSR count). The zero-order chi connectivity index (χ0) is 24.1. The molecule has 0 fully saturated rings. The van der Waals surface area contributed by atoms with Crippen LogP contribution in [0.3, 0.4) is 0 Å². The largest absolute Gasteiger partial charge is 0.337 e. The van der Waals surface area contributed by atoms with Crippen LogP contribution in [0.4, 0.5) is 10.1 Å². The van der Waals surface area contributed by atoms with Gasteiger partial charge in [0, 0.05) is 28.9 Å². The summed E-state index contributed by atoms with van der Waals surface area (Å²) >= 11 is 7.64. The minimum Gasteiger partial charge on any atom is -0.337 e. The van der Waals surface area contributed by atoms with Gasteiger partial charge in [0.25, 0.3) is 0 Å². The van der Waals surface area contributed by atoms with Crippen LogP contribution >= 0.6 is 23.5 Å². The van der Waals surface area contributed by atoms with Gasteiger partial charge in [-0.25, -0.2) is 9.37 Å². The van der Waals surface area contributed by atoms with E-state index in [0.717, 1.165) is 29.8 Å². The van der Waals surface area contributed by atoms with Crippen molar-refractivity contribution in [3.8, 4) is 0 Å². The Bertz CT molecular complexity index is 1230. The number of anilines is 1. The number of benzene rings is 3. The molecule has 3 aromatic carbocycles. The van der Waals surface area contributed by atoms with Crippen LogP contribution in [0.15, 0.2) is 84.3 Å². The number of aryl methyl sites for hydroxylation is 4. The number of nitrogens with zero attached hydrogens (tertiary/aromatic N) is 3. The number of hydrogen-bond acceptors (Lipinski definition) is 3. The fraction of sp³-hybridized carbons (Fsp3) is 0.250. The van der Waals surface area contributed by atoms with E-state index in [-0.39, 0.29) is 11.9 Å². The summed E-state index contributed by atoms with van der Waals surface area (Å²) in [6, 6.07) is 19.5. The molecular weight excluding hydrogens is 465 g/mol. The SMILES string of the molecule is Cc1ccc(C(C)N(Sc2ccc(Cl)cc2)c2cc(C)ccc2F)c(CCCn2ccnc2)c1. The van der Waals surface area contributed by atoms with Crippen LogP contribution in [-0.2, 0) is 13.0 Å². The first-order valence-electron chi connectivity index (χ1n) is 11.4. The Morgan fingerprint density at radius 2 is 1.76 bits per heavy atom. The predicted molar refractivity (Wildman–Crippen MR) is 141 cm³/mol. The lowest BCUT2D eigenvalue weighted by Crippen LogP contribution is -2.22. The van der Waals surface area contributed by atoms with Gasteiger partial charge in [-0.15, -0.1) is 0 Å². The molecule has 0 spiro atoms. The monoisotopic (exact) mass is 493 g/mol. The van der Waals surface area contributed by atoms with Gasteiger partial charge in [-0.3, -0.25) is 0 Å². The molecule has 0 saturated heterocycles. The molecule has 1 atom stereocenters. The van der Waals surface area contributed by atoms with Gasteiger partial charge in [-0.05, 0) is 98.6 Å². The quantitative estimate of drug-likeness (QED) is 0.219. The third-order valence-corrected chi connectivity index (χ3v) is 7.32. The molecule has 176 valence electrons. The summed E-state index contributed by atoms with van der Waals surface area (Å²) in [6.45, 7) is 7.17. The molecule has 6 heteroatoms. The maximum absolute atomic E-state index is 15.1. The predicted octanol–water partition coefficient (Wildman–Crippen LogP) is 8.20. The molecule has 3 nitrogen and oxygen atoms in total. The van der Waals surface area contributed by atoms with E-state index in [1.807, 2.05) is 62.0 Å². The lowest BCUT2D eigenvalue weighted by atomic mass is 9.95. The fourth-order valence-corrected chi connectivity index (χ4v) is 5.21. The van der Waals surface area contributed by atoms with Crippen molar-refractivity contribution in [2.45, 2.75) is 51.1 Å². The lowest BCUT2D eigenvalue weighted by Gasteiger charge is -2.32. The van der Waals surface area contributed by atoms with E-state index >= 15 is 4.39 Å². The van der Waals surface area contributed by atoms with E-state index in [9.17, 15) is 0 Å². The molecule has 0 aliphatic heterocycles. The van der Waals surface area contributed by atoms with Crippen molar-refractivity contribution in [3.63, 3.8) is 0 Å². The normalized spacial score (nSPS) is 12.0. The smallest absolute Gasteiger partial charge is 0.147 e. The summed E-state index contributed by atoms with van der Waals surface area (Å²) in [5.41, 5.74) is 5.33. The Labute approximate surface area is 210 Å². The maximum Gasteiger partial charge on any atom is 0.147 e. The van der Waals surface area contributed by atoms with Crippen molar-refractivity contribution in [2.24, 2.45) is 0 Å². The summed E-state index contributed by atoms with van der Waals surface area (Å²) in [5, 5.41) is 0.685. The van der Waals surface area contributed by atoms with Crippen LogP contribution in [0.1, 0.15) is 41.6 Å². The Hall–Kier alpha value is -2.76. The highest BCUT2D eigenvalue weighted by Crippen LogP contribution is 2.40. The average molecular weight is 494 g/mol. The Morgan fingerprint density at radius 3 is 2.50 bits per heavy atom. The third-order valence-electron chi connectivity index (χ3n) is 5.88. The van der Waals surface area contributed by atoms with Crippen molar-refractivity contribution >= 4 is 29.2 Å². The lowest BCUT2D eigenvalue weighted by molar-refractivity contribution is 0.619. The van der Waals surface area contributed by atoms with Crippen molar-refractivity contribution in [2.75, 3.05) is 4.31 Å². The van der Waals surface area contributed by atoms with Crippen LogP contribution in [0.25, 0.3) is 0 Å². The first-order chi connectivity index (χ1) is 16.4. The van der Waals surface area contributed by atoms with Gasteiger partial charge in [0.15, 0.2) is 0 Å². The number of aromatic nitrogens is 2. The van der Waals surface area contributed by atoms with E-state index in [4.69, 9.17) is 11.6 Å². The topological polar surface area (TPSA) is 21.1 Å². The standard InChI is InChI=1S/C28H29ClFN3S/c1-20-6-12-26(23(17-20)5-4-15-32-16-14-31-19-32)22(3)33(28-18-21(2)7-13-27(28)30)34-25-10-8-24(29)9-11-25/h6-14,16-19,22H,4-5,15H2,1-3H3. The second-order valence-electron chi connectivity index (χ2n) is 8.61. The zero-order valence-corrected chi connectivity index (χ0v) is 21.3. The molecule has 0 bridgehead atoms. The second-order valence-corrected chi connectivity index (χ2v) is 10.1. The molecular formula is C28H29ClFN3S.